The first-order valence-electron chi connectivity index (χ1n) is 4.74. The fraction of sp³-hybridized carbons (Fsp3) is 0.0909. The molecule has 74 valence electrons. The molecule has 4 nitrogen and oxygen atoms in total. The Morgan fingerprint density at radius 2 is 2.20 bits per heavy atom. The molecule has 3 rings (SSSR count). The fourth-order valence-electron chi connectivity index (χ4n) is 1.60. The summed E-state index contributed by atoms with van der Waals surface area (Å²) in [5.41, 5.74) is 3.07. The van der Waals surface area contributed by atoms with Crippen LogP contribution in [0.25, 0.3) is 11.0 Å². The van der Waals surface area contributed by atoms with E-state index in [4.69, 9.17) is 4.52 Å². The molecule has 3 aromatic rings. The first-order valence-corrected chi connectivity index (χ1v) is 4.74. The van der Waals surface area contributed by atoms with E-state index in [2.05, 4.69) is 15.1 Å². The number of hydrogen-bond acceptors (Lipinski definition) is 3. The van der Waals surface area contributed by atoms with Crippen LogP contribution >= 0.6 is 0 Å². The Hall–Kier alpha value is -2.10. The van der Waals surface area contributed by atoms with Gasteiger partial charge in [-0.25, -0.2) is 4.98 Å². The highest BCUT2D eigenvalue weighted by molar-refractivity contribution is 5.74. The van der Waals surface area contributed by atoms with Crippen LogP contribution < -0.4 is 0 Å². The van der Waals surface area contributed by atoms with Gasteiger partial charge in [-0.3, -0.25) is 0 Å². The quantitative estimate of drug-likeness (QED) is 0.687. The number of imidazole rings is 1. The second-order valence-electron chi connectivity index (χ2n) is 3.41. The summed E-state index contributed by atoms with van der Waals surface area (Å²) < 4.78 is 4.77. The van der Waals surface area contributed by atoms with E-state index in [1.165, 1.54) is 0 Å². The molecule has 0 aliphatic rings. The van der Waals surface area contributed by atoms with Crippen LogP contribution in [0, 0.1) is 0 Å². The van der Waals surface area contributed by atoms with Gasteiger partial charge >= 0.3 is 0 Å². The minimum atomic E-state index is 0.720. The molecule has 0 saturated carbocycles. The van der Waals surface area contributed by atoms with Crippen LogP contribution in [-0.4, -0.2) is 15.1 Å². The molecule has 0 bridgehead atoms. The van der Waals surface area contributed by atoms with Crippen molar-refractivity contribution in [1.82, 2.24) is 15.1 Å². The zero-order valence-electron chi connectivity index (χ0n) is 7.97. The third-order valence-electron chi connectivity index (χ3n) is 2.29. The Morgan fingerprint density at radius 3 is 3.00 bits per heavy atom. The van der Waals surface area contributed by atoms with Crippen molar-refractivity contribution in [2.45, 2.75) is 6.42 Å². The largest absolute Gasteiger partial charge is 0.364 e. The lowest BCUT2D eigenvalue weighted by Crippen LogP contribution is -1.87. The minimum absolute atomic E-state index is 0.720. The van der Waals surface area contributed by atoms with Gasteiger partial charge in [0.05, 0.1) is 17.2 Å². The monoisotopic (exact) mass is 199 g/mol. The van der Waals surface area contributed by atoms with Crippen molar-refractivity contribution in [3.63, 3.8) is 0 Å². The maximum absolute atomic E-state index is 4.77. The lowest BCUT2D eigenvalue weighted by molar-refractivity contribution is 0.419. The molecular formula is C11H9N3O. The van der Waals surface area contributed by atoms with Crippen LogP contribution in [0.3, 0.4) is 0 Å². The third-order valence-corrected chi connectivity index (χ3v) is 2.29. The first-order chi connectivity index (χ1) is 7.42. The molecule has 0 unspecified atom stereocenters. The predicted octanol–water partition coefficient (Wildman–Crippen LogP) is 2.14. The van der Waals surface area contributed by atoms with Gasteiger partial charge in [-0.15, -0.1) is 0 Å². The summed E-state index contributed by atoms with van der Waals surface area (Å²) in [7, 11) is 0. The van der Waals surface area contributed by atoms with E-state index >= 15 is 0 Å². The van der Waals surface area contributed by atoms with E-state index < -0.39 is 0 Å². The van der Waals surface area contributed by atoms with E-state index in [1.807, 2.05) is 24.3 Å². The van der Waals surface area contributed by atoms with Gasteiger partial charge in [0.2, 0.25) is 0 Å². The van der Waals surface area contributed by atoms with Crippen molar-refractivity contribution < 1.29 is 4.52 Å². The molecule has 0 atom stereocenters. The molecule has 0 aliphatic carbocycles. The number of fused-ring (bicyclic) bond motifs is 1. The summed E-state index contributed by atoms with van der Waals surface area (Å²) in [6.45, 7) is 0. The van der Waals surface area contributed by atoms with Crippen molar-refractivity contribution in [2.75, 3.05) is 0 Å². The Balaban J connectivity index is 1.98. The molecule has 0 aliphatic heterocycles. The van der Waals surface area contributed by atoms with Gasteiger partial charge in [0.1, 0.15) is 12.1 Å². The number of hydrogen-bond donors (Lipinski definition) is 1. The number of nitrogens with one attached hydrogen (secondary N) is 1. The van der Waals surface area contributed by atoms with Gasteiger partial charge in [-0.2, -0.15) is 0 Å². The highest BCUT2D eigenvalue weighted by Crippen LogP contribution is 2.12. The lowest BCUT2D eigenvalue weighted by Gasteiger charge is -1.88. The smallest absolute Gasteiger partial charge is 0.127 e. The number of benzene rings is 1. The molecule has 0 fully saturated rings. The van der Waals surface area contributed by atoms with E-state index in [-0.39, 0.29) is 0 Å². The van der Waals surface area contributed by atoms with Gasteiger partial charge in [-0.1, -0.05) is 17.3 Å². The van der Waals surface area contributed by atoms with Crippen molar-refractivity contribution in [1.29, 1.82) is 0 Å². The zero-order valence-corrected chi connectivity index (χ0v) is 7.97. The summed E-state index contributed by atoms with van der Waals surface area (Å²) in [6, 6.07) is 7.97. The fourth-order valence-corrected chi connectivity index (χ4v) is 1.60. The Kier molecular flexibility index (Phi) is 1.78. The predicted molar refractivity (Wildman–Crippen MR) is 55.4 cm³/mol. The Morgan fingerprint density at radius 1 is 1.27 bits per heavy atom. The van der Waals surface area contributed by atoms with Crippen LogP contribution in [0.5, 0.6) is 0 Å². The van der Waals surface area contributed by atoms with Crippen molar-refractivity contribution in [2.24, 2.45) is 0 Å². The maximum Gasteiger partial charge on any atom is 0.127 e. The topological polar surface area (TPSA) is 54.7 Å². The molecule has 15 heavy (non-hydrogen) atoms. The standard InChI is InChI=1S/C11H9N3O/c1-2-4-10-9(3-1)13-11(14-10)5-8-6-12-15-7-8/h1-4,6-7H,5H2,(H,13,14). The van der Waals surface area contributed by atoms with Crippen LogP contribution in [0.15, 0.2) is 41.2 Å². The molecule has 1 N–H and O–H groups in total. The van der Waals surface area contributed by atoms with Crippen molar-refractivity contribution in [3.05, 3.63) is 48.1 Å². The van der Waals surface area contributed by atoms with E-state index in [0.29, 0.717) is 0 Å². The van der Waals surface area contributed by atoms with Crippen molar-refractivity contribution in [3.8, 4) is 0 Å². The molecule has 1 aromatic carbocycles. The molecular weight excluding hydrogens is 190 g/mol. The maximum atomic E-state index is 4.77. The number of rotatable bonds is 2. The molecule has 0 amide bonds. The van der Waals surface area contributed by atoms with Crippen LogP contribution in [0.2, 0.25) is 0 Å². The second-order valence-corrected chi connectivity index (χ2v) is 3.41. The molecule has 2 heterocycles. The van der Waals surface area contributed by atoms with Gasteiger partial charge in [0, 0.05) is 12.0 Å². The van der Waals surface area contributed by atoms with E-state index in [1.54, 1.807) is 12.5 Å². The SMILES string of the molecule is c1ccc2[nH]c(Cc3cnoc3)nc2c1. The molecule has 0 radical (unpaired) electrons. The van der Waals surface area contributed by atoms with Gasteiger partial charge < -0.3 is 9.51 Å². The molecule has 4 heteroatoms. The summed E-state index contributed by atoms with van der Waals surface area (Å²) in [5.74, 6) is 0.930. The Labute approximate surface area is 85.9 Å². The first kappa shape index (κ1) is 8.23. The minimum Gasteiger partial charge on any atom is -0.364 e. The average Bonchev–Trinajstić information content (AvgIpc) is 2.86. The normalized spacial score (nSPS) is 10.9. The Bertz CT molecular complexity index is 535. The number of aromatic amines is 1. The second kappa shape index (κ2) is 3.24. The highest BCUT2D eigenvalue weighted by atomic mass is 16.5. The molecule has 0 saturated heterocycles. The zero-order chi connectivity index (χ0) is 10.1. The summed E-state index contributed by atoms with van der Waals surface area (Å²) in [5, 5.41) is 3.66. The number of H-pyrrole nitrogens is 1. The molecule has 2 aromatic heterocycles. The molecule has 0 spiro atoms. The van der Waals surface area contributed by atoms with Gasteiger partial charge in [-0.05, 0) is 12.1 Å². The van der Waals surface area contributed by atoms with Gasteiger partial charge in [0.15, 0.2) is 0 Å². The van der Waals surface area contributed by atoms with Crippen LogP contribution in [0.1, 0.15) is 11.4 Å². The number of nitrogens with zero attached hydrogens (tertiary/aromatic N) is 2. The van der Waals surface area contributed by atoms with Crippen LogP contribution in [0.4, 0.5) is 0 Å². The van der Waals surface area contributed by atoms with Crippen molar-refractivity contribution >= 4 is 11.0 Å². The summed E-state index contributed by atoms with van der Waals surface area (Å²) in [4.78, 5) is 7.72. The third kappa shape index (κ3) is 1.50. The van der Waals surface area contributed by atoms with Gasteiger partial charge in [0.25, 0.3) is 0 Å². The summed E-state index contributed by atoms with van der Waals surface area (Å²) in [6.07, 6.45) is 4.05. The van der Waals surface area contributed by atoms with E-state index in [9.17, 15) is 0 Å². The van der Waals surface area contributed by atoms with E-state index in [0.717, 1.165) is 28.8 Å². The average molecular weight is 199 g/mol. The van der Waals surface area contributed by atoms with Crippen LogP contribution in [-0.2, 0) is 6.42 Å². The lowest BCUT2D eigenvalue weighted by atomic mass is 10.2. The number of para-hydroxylation sites is 2. The highest BCUT2D eigenvalue weighted by Gasteiger charge is 2.03. The summed E-state index contributed by atoms with van der Waals surface area (Å²) >= 11 is 0. The number of aromatic nitrogens is 3.